The fraction of sp³-hybridized carbons (Fsp3) is 0.400. The highest BCUT2D eigenvalue weighted by Gasteiger charge is 2.14. The van der Waals surface area contributed by atoms with E-state index in [-0.39, 0.29) is 5.97 Å². The molecule has 0 unspecified atom stereocenters. The van der Waals surface area contributed by atoms with Crippen molar-refractivity contribution < 1.29 is 14.3 Å². The summed E-state index contributed by atoms with van der Waals surface area (Å²) in [5, 5.41) is 0. The molecule has 0 aliphatic heterocycles. The van der Waals surface area contributed by atoms with Crippen LogP contribution in [0.15, 0.2) is 29.8 Å². The summed E-state index contributed by atoms with van der Waals surface area (Å²) in [5.41, 5.74) is 3.74. The van der Waals surface area contributed by atoms with Crippen molar-refractivity contribution in [1.29, 1.82) is 0 Å². The topological polar surface area (TPSA) is 35.5 Å². The van der Waals surface area contributed by atoms with Gasteiger partial charge in [0.05, 0.1) is 13.7 Å². The Morgan fingerprint density at radius 2 is 2.17 bits per heavy atom. The van der Waals surface area contributed by atoms with E-state index in [0.717, 1.165) is 30.6 Å². The smallest absolute Gasteiger partial charge is 0.330 e. The molecule has 96 valence electrons. The van der Waals surface area contributed by atoms with Crippen molar-refractivity contribution in [3.05, 3.63) is 41.0 Å². The second kappa shape index (κ2) is 5.71. The second-order valence-corrected chi connectivity index (χ2v) is 4.37. The zero-order valence-corrected chi connectivity index (χ0v) is 10.9. The van der Waals surface area contributed by atoms with E-state index in [1.807, 2.05) is 13.0 Å². The van der Waals surface area contributed by atoms with Gasteiger partial charge in [0, 0.05) is 6.08 Å². The highest BCUT2D eigenvalue weighted by atomic mass is 16.5. The maximum Gasteiger partial charge on any atom is 0.330 e. The lowest BCUT2D eigenvalue weighted by atomic mass is 9.88. The average Bonchev–Trinajstić information content (AvgIpc) is 2.38. The fourth-order valence-corrected chi connectivity index (χ4v) is 2.24. The first-order valence-corrected chi connectivity index (χ1v) is 6.25. The summed E-state index contributed by atoms with van der Waals surface area (Å²) in [5.74, 6) is 0.663. The van der Waals surface area contributed by atoms with Crippen molar-refractivity contribution >= 4 is 5.97 Å². The first-order chi connectivity index (χ1) is 8.72. The molecule has 2 rings (SSSR count). The number of rotatable bonds is 3. The molecular formula is C15H18O3. The molecule has 18 heavy (non-hydrogen) atoms. The molecule has 0 radical (unpaired) electrons. The third-order valence-corrected chi connectivity index (χ3v) is 3.15. The predicted octanol–water partition coefficient (Wildman–Crippen LogP) is 2.67. The van der Waals surface area contributed by atoms with Crippen LogP contribution in [0, 0.1) is 0 Å². The van der Waals surface area contributed by atoms with Crippen LogP contribution < -0.4 is 4.74 Å². The minimum absolute atomic E-state index is 0.232. The molecule has 1 aliphatic carbocycles. The van der Waals surface area contributed by atoms with Gasteiger partial charge in [-0.25, -0.2) is 4.79 Å². The Morgan fingerprint density at radius 1 is 1.33 bits per heavy atom. The number of carbonyl (C=O) groups excluding carboxylic acids is 1. The largest absolute Gasteiger partial charge is 0.497 e. The standard InChI is InChI=1S/C15H18O3/c1-3-18-15(16)9-11-4-5-13-10-14(17-2)7-6-12(13)8-11/h6-7,9-10H,3-5,8H2,1-2H3/b11-9+. The van der Waals surface area contributed by atoms with E-state index in [1.54, 1.807) is 13.2 Å². The van der Waals surface area contributed by atoms with Crippen molar-refractivity contribution in [2.75, 3.05) is 13.7 Å². The third kappa shape index (κ3) is 2.92. The molecule has 0 amide bonds. The lowest BCUT2D eigenvalue weighted by Gasteiger charge is -2.19. The van der Waals surface area contributed by atoms with Gasteiger partial charge in [0.1, 0.15) is 5.75 Å². The van der Waals surface area contributed by atoms with Crippen molar-refractivity contribution in [1.82, 2.24) is 0 Å². The van der Waals surface area contributed by atoms with Crippen molar-refractivity contribution in [3.63, 3.8) is 0 Å². The van der Waals surface area contributed by atoms with E-state index in [0.29, 0.717) is 6.61 Å². The molecule has 3 nitrogen and oxygen atoms in total. The molecule has 1 aromatic rings. The van der Waals surface area contributed by atoms with Gasteiger partial charge in [-0.05, 0) is 49.4 Å². The normalized spacial score (nSPS) is 16.2. The Hall–Kier alpha value is -1.77. The Morgan fingerprint density at radius 3 is 2.89 bits per heavy atom. The number of fused-ring (bicyclic) bond motifs is 1. The number of methoxy groups -OCH3 is 1. The number of hydrogen-bond donors (Lipinski definition) is 0. The Balaban J connectivity index is 2.13. The Bertz CT molecular complexity index is 475. The summed E-state index contributed by atoms with van der Waals surface area (Å²) < 4.78 is 10.1. The maximum absolute atomic E-state index is 11.4. The van der Waals surface area contributed by atoms with Gasteiger partial charge < -0.3 is 9.47 Å². The number of aryl methyl sites for hydroxylation is 1. The van der Waals surface area contributed by atoms with Gasteiger partial charge in [0.2, 0.25) is 0 Å². The summed E-state index contributed by atoms with van der Waals surface area (Å²) in [4.78, 5) is 11.4. The van der Waals surface area contributed by atoms with Crippen LogP contribution in [0.25, 0.3) is 0 Å². The molecule has 0 fully saturated rings. The van der Waals surface area contributed by atoms with Crippen LogP contribution in [-0.4, -0.2) is 19.7 Å². The van der Waals surface area contributed by atoms with Crippen LogP contribution in [0.3, 0.4) is 0 Å². The molecule has 0 spiro atoms. The van der Waals surface area contributed by atoms with E-state index in [2.05, 4.69) is 12.1 Å². The van der Waals surface area contributed by atoms with Gasteiger partial charge in [-0.2, -0.15) is 0 Å². The minimum Gasteiger partial charge on any atom is -0.497 e. The lowest BCUT2D eigenvalue weighted by molar-refractivity contribution is -0.137. The Labute approximate surface area is 107 Å². The number of ether oxygens (including phenoxy) is 2. The Kier molecular flexibility index (Phi) is 4.03. The van der Waals surface area contributed by atoms with Crippen LogP contribution in [0.5, 0.6) is 5.75 Å². The molecule has 0 atom stereocenters. The molecule has 0 aromatic heterocycles. The van der Waals surface area contributed by atoms with Crippen LogP contribution >= 0.6 is 0 Å². The highest BCUT2D eigenvalue weighted by molar-refractivity contribution is 5.83. The monoisotopic (exact) mass is 246 g/mol. The number of esters is 1. The number of hydrogen-bond acceptors (Lipinski definition) is 3. The van der Waals surface area contributed by atoms with Gasteiger partial charge in [-0.3, -0.25) is 0 Å². The van der Waals surface area contributed by atoms with Crippen LogP contribution in [0.4, 0.5) is 0 Å². The molecule has 0 heterocycles. The molecule has 0 N–H and O–H groups in total. The van der Waals surface area contributed by atoms with Crippen LogP contribution in [-0.2, 0) is 22.4 Å². The van der Waals surface area contributed by atoms with Gasteiger partial charge in [-0.15, -0.1) is 0 Å². The lowest BCUT2D eigenvalue weighted by Crippen LogP contribution is -2.09. The summed E-state index contributed by atoms with van der Waals surface area (Å²) >= 11 is 0. The van der Waals surface area contributed by atoms with Gasteiger partial charge in [0.25, 0.3) is 0 Å². The van der Waals surface area contributed by atoms with Crippen molar-refractivity contribution in [3.8, 4) is 5.75 Å². The molecule has 0 saturated carbocycles. The molecule has 3 heteroatoms. The van der Waals surface area contributed by atoms with E-state index in [1.165, 1.54) is 11.1 Å². The highest BCUT2D eigenvalue weighted by Crippen LogP contribution is 2.28. The molecular weight excluding hydrogens is 228 g/mol. The molecule has 0 saturated heterocycles. The average molecular weight is 246 g/mol. The van der Waals surface area contributed by atoms with Crippen molar-refractivity contribution in [2.24, 2.45) is 0 Å². The van der Waals surface area contributed by atoms with Gasteiger partial charge >= 0.3 is 5.97 Å². The van der Waals surface area contributed by atoms with Crippen LogP contribution in [0.2, 0.25) is 0 Å². The van der Waals surface area contributed by atoms with E-state index in [4.69, 9.17) is 9.47 Å². The number of carbonyl (C=O) groups is 1. The quantitative estimate of drug-likeness (QED) is 0.607. The van der Waals surface area contributed by atoms with E-state index in [9.17, 15) is 4.79 Å². The first kappa shape index (κ1) is 12.7. The summed E-state index contributed by atoms with van der Waals surface area (Å²) in [6, 6.07) is 6.12. The maximum atomic E-state index is 11.4. The van der Waals surface area contributed by atoms with Gasteiger partial charge in [-0.1, -0.05) is 11.6 Å². The van der Waals surface area contributed by atoms with Gasteiger partial charge in [0.15, 0.2) is 0 Å². The zero-order valence-electron chi connectivity index (χ0n) is 10.9. The predicted molar refractivity (Wildman–Crippen MR) is 69.7 cm³/mol. The molecule has 1 aromatic carbocycles. The molecule has 0 bridgehead atoms. The minimum atomic E-state index is -0.232. The van der Waals surface area contributed by atoms with Crippen molar-refractivity contribution in [2.45, 2.75) is 26.2 Å². The molecule has 1 aliphatic rings. The van der Waals surface area contributed by atoms with E-state index < -0.39 is 0 Å². The fourth-order valence-electron chi connectivity index (χ4n) is 2.24. The summed E-state index contributed by atoms with van der Waals surface area (Å²) in [6.07, 6.45) is 4.34. The third-order valence-electron chi connectivity index (χ3n) is 3.15. The number of allylic oxidation sites excluding steroid dienone is 1. The summed E-state index contributed by atoms with van der Waals surface area (Å²) in [6.45, 7) is 2.25. The number of benzene rings is 1. The first-order valence-electron chi connectivity index (χ1n) is 6.25. The second-order valence-electron chi connectivity index (χ2n) is 4.37. The SMILES string of the molecule is CCOC(=O)/C=C1\CCc2cc(OC)ccc2C1. The summed E-state index contributed by atoms with van der Waals surface area (Å²) in [7, 11) is 1.68. The van der Waals surface area contributed by atoms with Crippen LogP contribution in [0.1, 0.15) is 24.5 Å². The van der Waals surface area contributed by atoms with E-state index >= 15 is 0 Å². The zero-order chi connectivity index (χ0) is 13.0.